The van der Waals surface area contributed by atoms with Crippen molar-refractivity contribution in [1.82, 2.24) is 25.1 Å². The van der Waals surface area contributed by atoms with Gasteiger partial charge in [-0.3, -0.25) is 9.69 Å². The number of anilines is 1. The maximum atomic E-state index is 12.4. The van der Waals surface area contributed by atoms with Crippen LogP contribution in [-0.4, -0.2) is 63.3 Å². The first kappa shape index (κ1) is 17.9. The van der Waals surface area contributed by atoms with Crippen LogP contribution in [0.2, 0.25) is 0 Å². The van der Waals surface area contributed by atoms with Crippen LogP contribution in [0.25, 0.3) is 21.6 Å². The zero-order valence-electron chi connectivity index (χ0n) is 15.2. The smallest absolute Gasteiger partial charge is 0.239 e. The Hall–Kier alpha value is -2.49. The van der Waals surface area contributed by atoms with Gasteiger partial charge < -0.3 is 10.1 Å². The van der Waals surface area contributed by atoms with Crippen LogP contribution in [0, 0.1) is 6.92 Å². The lowest BCUT2D eigenvalue weighted by atomic mass is 10.2. The van der Waals surface area contributed by atoms with E-state index in [-0.39, 0.29) is 11.9 Å². The molecule has 0 aliphatic carbocycles. The van der Waals surface area contributed by atoms with Crippen LogP contribution in [0.5, 0.6) is 0 Å². The molecule has 27 heavy (non-hydrogen) atoms. The third kappa shape index (κ3) is 4.10. The molecule has 0 aromatic carbocycles. The van der Waals surface area contributed by atoms with Crippen LogP contribution < -0.4 is 5.32 Å². The second-order valence-corrected chi connectivity index (χ2v) is 7.71. The average Bonchev–Trinajstić information content (AvgIpc) is 3.09. The molecule has 1 fully saturated rings. The maximum Gasteiger partial charge on any atom is 0.239 e. The molecule has 0 radical (unpaired) electrons. The summed E-state index contributed by atoms with van der Waals surface area (Å²) in [5, 5.41) is 13.6. The minimum absolute atomic E-state index is 0.0912. The van der Waals surface area contributed by atoms with Crippen molar-refractivity contribution < 1.29 is 9.53 Å². The van der Waals surface area contributed by atoms with E-state index in [9.17, 15) is 4.79 Å². The predicted molar refractivity (Wildman–Crippen MR) is 104 cm³/mol. The van der Waals surface area contributed by atoms with E-state index >= 15 is 0 Å². The lowest BCUT2D eigenvalue weighted by Gasteiger charge is -2.32. The Labute approximate surface area is 160 Å². The van der Waals surface area contributed by atoms with Gasteiger partial charge in [0.1, 0.15) is 16.5 Å². The quantitative estimate of drug-likeness (QED) is 0.736. The molecule has 4 heterocycles. The second-order valence-electron chi connectivity index (χ2n) is 6.53. The van der Waals surface area contributed by atoms with Crippen LogP contribution >= 0.6 is 11.3 Å². The highest BCUT2D eigenvalue weighted by Gasteiger charge is 2.21. The highest BCUT2D eigenvalue weighted by molar-refractivity contribution is 7.14. The van der Waals surface area contributed by atoms with E-state index in [1.54, 1.807) is 12.3 Å². The van der Waals surface area contributed by atoms with Crippen molar-refractivity contribution >= 4 is 34.0 Å². The summed E-state index contributed by atoms with van der Waals surface area (Å²) in [5.74, 6) is 0.401. The Morgan fingerprint density at radius 3 is 3.07 bits per heavy atom. The number of pyridine rings is 2. The predicted octanol–water partition coefficient (Wildman–Crippen LogP) is 2.12. The van der Waals surface area contributed by atoms with E-state index in [2.05, 4.69) is 37.3 Å². The minimum atomic E-state index is -0.0912. The van der Waals surface area contributed by atoms with Gasteiger partial charge in [0, 0.05) is 30.2 Å². The highest BCUT2D eigenvalue weighted by atomic mass is 32.1. The Kier molecular flexibility index (Phi) is 5.06. The number of nitrogens with zero attached hydrogens (tertiary/aromatic N) is 5. The third-order valence-electron chi connectivity index (χ3n) is 4.44. The number of morpholine rings is 1. The molecular weight excluding hydrogens is 364 g/mol. The largest absolute Gasteiger partial charge is 0.379 e. The zero-order chi connectivity index (χ0) is 18.8. The molecule has 1 amide bonds. The number of ether oxygens (including phenoxy) is 1. The Bertz CT molecular complexity index is 975. The molecule has 0 spiro atoms. The minimum Gasteiger partial charge on any atom is -0.379 e. The first-order valence-corrected chi connectivity index (χ1v) is 9.59. The molecule has 1 aliphatic heterocycles. The van der Waals surface area contributed by atoms with Crippen LogP contribution in [0.15, 0.2) is 24.4 Å². The van der Waals surface area contributed by atoms with Crippen molar-refractivity contribution in [3.63, 3.8) is 0 Å². The second kappa shape index (κ2) is 7.63. The molecule has 0 bridgehead atoms. The fourth-order valence-electron chi connectivity index (χ4n) is 2.97. The number of hydrogen-bond donors (Lipinski definition) is 1. The standard InChI is InChI=1S/C18H20N6O2S/c1-11-10-26-6-5-24(11)9-17(25)21-16-7-15-13(8-19-16)3-4-14(20-15)18-23-22-12(2)27-18/h3-4,7-8,11H,5-6,9-10H2,1-2H3,(H,19,21,25). The van der Waals surface area contributed by atoms with Crippen molar-refractivity contribution in [2.24, 2.45) is 0 Å². The molecule has 3 aromatic heterocycles. The normalized spacial score (nSPS) is 17.9. The van der Waals surface area contributed by atoms with E-state index in [1.807, 2.05) is 19.1 Å². The fraction of sp³-hybridized carbons (Fsp3) is 0.389. The summed E-state index contributed by atoms with van der Waals surface area (Å²) < 4.78 is 5.41. The molecule has 8 nitrogen and oxygen atoms in total. The van der Waals surface area contributed by atoms with Gasteiger partial charge >= 0.3 is 0 Å². The average molecular weight is 384 g/mol. The van der Waals surface area contributed by atoms with Gasteiger partial charge in [0.2, 0.25) is 5.91 Å². The lowest BCUT2D eigenvalue weighted by molar-refractivity contribution is -0.119. The van der Waals surface area contributed by atoms with Gasteiger partial charge in [-0.25, -0.2) is 9.97 Å². The molecule has 1 atom stereocenters. The van der Waals surface area contributed by atoms with Crippen molar-refractivity contribution in [1.29, 1.82) is 0 Å². The van der Waals surface area contributed by atoms with Crippen LogP contribution in [-0.2, 0) is 9.53 Å². The fourth-order valence-corrected chi connectivity index (χ4v) is 3.63. The van der Waals surface area contributed by atoms with Crippen LogP contribution in [0.4, 0.5) is 5.82 Å². The number of nitrogens with one attached hydrogen (secondary N) is 1. The first-order valence-electron chi connectivity index (χ1n) is 8.77. The van der Waals surface area contributed by atoms with E-state index in [0.717, 1.165) is 33.2 Å². The van der Waals surface area contributed by atoms with E-state index in [0.29, 0.717) is 25.6 Å². The van der Waals surface area contributed by atoms with E-state index in [4.69, 9.17) is 4.74 Å². The zero-order valence-corrected chi connectivity index (χ0v) is 16.0. The lowest BCUT2D eigenvalue weighted by Crippen LogP contribution is -2.47. The van der Waals surface area contributed by atoms with Gasteiger partial charge in [-0.05, 0) is 26.0 Å². The third-order valence-corrected chi connectivity index (χ3v) is 5.30. The molecule has 3 aromatic rings. The van der Waals surface area contributed by atoms with Crippen molar-refractivity contribution in [3.05, 3.63) is 29.4 Å². The number of aryl methyl sites for hydroxylation is 1. The van der Waals surface area contributed by atoms with Gasteiger partial charge in [0.25, 0.3) is 0 Å². The SMILES string of the molecule is Cc1nnc(-c2ccc3cnc(NC(=O)CN4CCOCC4C)cc3n2)s1. The molecule has 1 saturated heterocycles. The summed E-state index contributed by atoms with van der Waals surface area (Å²) in [6, 6.07) is 5.87. The molecular formula is C18H20N6O2S. The number of rotatable bonds is 4. The highest BCUT2D eigenvalue weighted by Crippen LogP contribution is 2.24. The van der Waals surface area contributed by atoms with Crippen LogP contribution in [0.1, 0.15) is 11.9 Å². The van der Waals surface area contributed by atoms with Gasteiger partial charge in [-0.1, -0.05) is 11.3 Å². The van der Waals surface area contributed by atoms with Gasteiger partial charge in [0.15, 0.2) is 5.01 Å². The molecule has 140 valence electrons. The Balaban J connectivity index is 1.51. The molecule has 1 unspecified atom stereocenters. The Morgan fingerprint density at radius 1 is 1.41 bits per heavy atom. The Morgan fingerprint density at radius 2 is 2.30 bits per heavy atom. The van der Waals surface area contributed by atoms with Crippen molar-refractivity contribution in [2.75, 3.05) is 31.6 Å². The molecule has 9 heteroatoms. The summed E-state index contributed by atoms with van der Waals surface area (Å²) in [5.41, 5.74) is 1.52. The molecule has 1 N–H and O–H groups in total. The van der Waals surface area contributed by atoms with Crippen molar-refractivity contribution in [3.8, 4) is 10.7 Å². The molecule has 1 aliphatic rings. The van der Waals surface area contributed by atoms with Gasteiger partial charge in [0.05, 0.1) is 25.3 Å². The number of hydrogen-bond acceptors (Lipinski definition) is 8. The van der Waals surface area contributed by atoms with Crippen LogP contribution in [0.3, 0.4) is 0 Å². The van der Waals surface area contributed by atoms with Gasteiger partial charge in [-0.15, -0.1) is 10.2 Å². The number of amides is 1. The summed E-state index contributed by atoms with van der Waals surface area (Å²) in [6.07, 6.45) is 1.71. The topological polar surface area (TPSA) is 93.1 Å². The molecule has 0 saturated carbocycles. The maximum absolute atomic E-state index is 12.4. The summed E-state index contributed by atoms with van der Waals surface area (Å²) in [6.45, 7) is 6.35. The van der Waals surface area contributed by atoms with E-state index in [1.165, 1.54) is 11.3 Å². The number of carbonyl (C=O) groups excluding carboxylic acids is 1. The van der Waals surface area contributed by atoms with Crippen molar-refractivity contribution in [2.45, 2.75) is 19.9 Å². The summed E-state index contributed by atoms with van der Waals surface area (Å²) in [7, 11) is 0. The monoisotopic (exact) mass is 384 g/mol. The first-order chi connectivity index (χ1) is 13.1. The summed E-state index contributed by atoms with van der Waals surface area (Å²) in [4.78, 5) is 23.5. The number of aromatic nitrogens is 4. The number of fused-ring (bicyclic) bond motifs is 1. The summed E-state index contributed by atoms with van der Waals surface area (Å²) >= 11 is 1.50. The number of carbonyl (C=O) groups is 1. The van der Waals surface area contributed by atoms with E-state index < -0.39 is 0 Å². The van der Waals surface area contributed by atoms with Gasteiger partial charge in [-0.2, -0.15) is 0 Å². The molecule has 4 rings (SSSR count).